The predicted molar refractivity (Wildman–Crippen MR) is 76.3 cm³/mol. The number of aryl methyl sites for hydroxylation is 1. The van der Waals surface area contributed by atoms with E-state index in [1.54, 1.807) is 32.0 Å². The molecule has 0 radical (unpaired) electrons. The van der Waals surface area contributed by atoms with Crippen LogP contribution in [0.2, 0.25) is 0 Å². The summed E-state index contributed by atoms with van der Waals surface area (Å²) < 4.78 is 10.1. The third-order valence-corrected chi connectivity index (χ3v) is 2.86. The third kappa shape index (κ3) is 4.26. The Kier molecular flexibility index (Phi) is 6.03. The fraction of sp³-hybridized carbons (Fsp3) is 0.467. The van der Waals surface area contributed by atoms with Crippen LogP contribution in [-0.2, 0) is 14.3 Å². The first-order valence-corrected chi connectivity index (χ1v) is 6.73. The summed E-state index contributed by atoms with van der Waals surface area (Å²) in [5.41, 5.74) is 7.48. The number of nitrogen functional groups attached to an aromatic ring is 1. The summed E-state index contributed by atoms with van der Waals surface area (Å²) in [5, 5.41) is 0. The summed E-state index contributed by atoms with van der Waals surface area (Å²) in [7, 11) is 0. The zero-order valence-electron chi connectivity index (χ0n) is 12.1. The molecule has 1 rings (SSSR count). The van der Waals surface area contributed by atoms with Crippen molar-refractivity contribution in [1.82, 2.24) is 0 Å². The number of carbonyl (C=O) groups excluding carboxylic acids is 2. The van der Waals surface area contributed by atoms with Crippen molar-refractivity contribution in [1.29, 1.82) is 0 Å². The number of hydrogen-bond acceptors (Lipinski definition) is 5. The van der Waals surface area contributed by atoms with Gasteiger partial charge in [0.15, 0.2) is 6.10 Å². The predicted octanol–water partition coefficient (Wildman–Crippen LogP) is 2.47. The maximum atomic E-state index is 12.0. The molecule has 0 aromatic heterocycles. The lowest BCUT2D eigenvalue weighted by atomic mass is 10.1. The van der Waals surface area contributed by atoms with Gasteiger partial charge in [0.2, 0.25) is 0 Å². The molecule has 0 amide bonds. The fourth-order valence-corrected chi connectivity index (χ4v) is 1.72. The fourth-order valence-electron chi connectivity index (χ4n) is 1.72. The molecule has 0 saturated heterocycles. The number of rotatable bonds is 6. The van der Waals surface area contributed by atoms with Gasteiger partial charge >= 0.3 is 11.9 Å². The lowest BCUT2D eigenvalue weighted by molar-refractivity contribution is -0.153. The van der Waals surface area contributed by atoms with Crippen molar-refractivity contribution in [3.8, 4) is 0 Å². The smallest absolute Gasteiger partial charge is 0.347 e. The van der Waals surface area contributed by atoms with Crippen LogP contribution in [-0.4, -0.2) is 24.6 Å². The second kappa shape index (κ2) is 7.53. The van der Waals surface area contributed by atoms with Crippen molar-refractivity contribution < 1.29 is 19.1 Å². The van der Waals surface area contributed by atoms with Crippen molar-refractivity contribution in [2.75, 3.05) is 12.3 Å². The molecule has 1 atom stereocenters. The van der Waals surface area contributed by atoms with Gasteiger partial charge in [0.05, 0.1) is 12.2 Å². The number of esters is 2. The Morgan fingerprint density at radius 1 is 1.30 bits per heavy atom. The molecule has 1 aromatic carbocycles. The number of carbonyl (C=O) groups is 2. The molecule has 0 aliphatic carbocycles. The van der Waals surface area contributed by atoms with Crippen LogP contribution in [0, 0.1) is 6.92 Å². The van der Waals surface area contributed by atoms with Crippen LogP contribution < -0.4 is 5.73 Å². The van der Waals surface area contributed by atoms with Gasteiger partial charge < -0.3 is 15.2 Å². The van der Waals surface area contributed by atoms with E-state index < -0.39 is 18.0 Å². The van der Waals surface area contributed by atoms with Crippen molar-refractivity contribution in [2.45, 2.75) is 39.7 Å². The van der Waals surface area contributed by atoms with Crippen molar-refractivity contribution in [3.63, 3.8) is 0 Å². The van der Waals surface area contributed by atoms with E-state index in [9.17, 15) is 9.59 Å². The summed E-state index contributed by atoms with van der Waals surface area (Å²) in [6, 6.07) is 4.87. The number of nitrogens with two attached hydrogens (primary N) is 1. The highest BCUT2D eigenvalue weighted by molar-refractivity contribution is 5.92. The van der Waals surface area contributed by atoms with Crippen LogP contribution in [0.5, 0.6) is 0 Å². The van der Waals surface area contributed by atoms with Crippen LogP contribution in [0.25, 0.3) is 0 Å². The van der Waals surface area contributed by atoms with E-state index in [0.29, 0.717) is 17.7 Å². The highest BCUT2D eigenvalue weighted by Gasteiger charge is 2.24. The number of benzene rings is 1. The highest BCUT2D eigenvalue weighted by Crippen LogP contribution is 2.15. The molecule has 5 heteroatoms. The SMILES string of the molecule is CCCC(OC(=O)c1ccc(N)c(C)c1)C(=O)OCC. The van der Waals surface area contributed by atoms with Crippen LogP contribution in [0.1, 0.15) is 42.6 Å². The second-order valence-corrected chi connectivity index (χ2v) is 4.51. The van der Waals surface area contributed by atoms with Gasteiger partial charge in [-0.25, -0.2) is 9.59 Å². The first kappa shape index (κ1) is 16.0. The summed E-state index contributed by atoms with van der Waals surface area (Å²) in [6.07, 6.45) is 0.307. The van der Waals surface area contributed by atoms with E-state index in [1.165, 1.54) is 0 Å². The number of anilines is 1. The molecular formula is C15H21NO4. The van der Waals surface area contributed by atoms with Crippen LogP contribution >= 0.6 is 0 Å². The van der Waals surface area contributed by atoms with Crippen LogP contribution in [0.4, 0.5) is 5.69 Å². The van der Waals surface area contributed by atoms with E-state index in [1.807, 2.05) is 6.92 Å². The zero-order chi connectivity index (χ0) is 15.1. The van der Waals surface area contributed by atoms with Gasteiger partial charge in [-0.3, -0.25) is 0 Å². The molecule has 0 spiro atoms. The standard InChI is InChI=1S/C15H21NO4/c1-4-6-13(15(18)19-5-2)20-14(17)11-7-8-12(16)10(3)9-11/h7-9,13H,4-6,16H2,1-3H3. The molecule has 1 aromatic rings. The van der Waals surface area contributed by atoms with Crippen molar-refractivity contribution >= 4 is 17.6 Å². The van der Waals surface area contributed by atoms with E-state index in [0.717, 1.165) is 12.0 Å². The average Bonchev–Trinajstić information content (AvgIpc) is 2.41. The molecule has 0 aliphatic rings. The maximum absolute atomic E-state index is 12.0. The molecule has 2 N–H and O–H groups in total. The molecule has 5 nitrogen and oxygen atoms in total. The third-order valence-electron chi connectivity index (χ3n) is 2.86. The Balaban J connectivity index is 2.79. The molecule has 1 unspecified atom stereocenters. The van der Waals surface area contributed by atoms with Gasteiger partial charge in [0, 0.05) is 5.69 Å². The van der Waals surface area contributed by atoms with Crippen LogP contribution in [0.3, 0.4) is 0 Å². The maximum Gasteiger partial charge on any atom is 0.347 e. The summed E-state index contributed by atoms with van der Waals surface area (Å²) in [5.74, 6) is -1.05. The number of ether oxygens (including phenoxy) is 2. The minimum Gasteiger partial charge on any atom is -0.463 e. The molecule has 0 fully saturated rings. The van der Waals surface area contributed by atoms with Gasteiger partial charge in [-0.1, -0.05) is 13.3 Å². The van der Waals surface area contributed by atoms with Gasteiger partial charge in [-0.15, -0.1) is 0 Å². The second-order valence-electron chi connectivity index (χ2n) is 4.51. The normalized spacial score (nSPS) is 11.8. The highest BCUT2D eigenvalue weighted by atomic mass is 16.6. The monoisotopic (exact) mass is 279 g/mol. The van der Waals surface area contributed by atoms with Gasteiger partial charge in [0.25, 0.3) is 0 Å². The molecule has 110 valence electrons. The van der Waals surface area contributed by atoms with E-state index in [4.69, 9.17) is 15.2 Å². The minimum atomic E-state index is -0.856. The topological polar surface area (TPSA) is 78.6 Å². The van der Waals surface area contributed by atoms with Gasteiger partial charge in [-0.05, 0) is 44.0 Å². The Morgan fingerprint density at radius 2 is 2.00 bits per heavy atom. The summed E-state index contributed by atoms with van der Waals surface area (Å²) in [6.45, 7) is 5.69. The Hall–Kier alpha value is -2.04. The van der Waals surface area contributed by atoms with Gasteiger partial charge in [0.1, 0.15) is 0 Å². The Labute approximate surface area is 119 Å². The van der Waals surface area contributed by atoms with Gasteiger partial charge in [-0.2, -0.15) is 0 Å². The quantitative estimate of drug-likeness (QED) is 0.639. The first-order chi connectivity index (χ1) is 9.49. The van der Waals surface area contributed by atoms with E-state index in [2.05, 4.69) is 0 Å². The molecule has 20 heavy (non-hydrogen) atoms. The molecule has 0 bridgehead atoms. The van der Waals surface area contributed by atoms with Crippen molar-refractivity contribution in [2.24, 2.45) is 0 Å². The zero-order valence-corrected chi connectivity index (χ0v) is 12.1. The van der Waals surface area contributed by atoms with Crippen molar-refractivity contribution in [3.05, 3.63) is 29.3 Å². The molecule has 0 saturated carbocycles. The van der Waals surface area contributed by atoms with Crippen LogP contribution in [0.15, 0.2) is 18.2 Å². The minimum absolute atomic E-state index is 0.261. The summed E-state index contributed by atoms with van der Waals surface area (Å²) in [4.78, 5) is 23.7. The Morgan fingerprint density at radius 3 is 2.55 bits per heavy atom. The summed E-state index contributed by atoms with van der Waals surface area (Å²) >= 11 is 0. The lowest BCUT2D eigenvalue weighted by Gasteiger charge is -2.16. The molecule has 0 heterocycles. The first-order valence-electron chi connectivity index (χ1n) is 6.73. The average molecular weight is 279 g/mol. The van der Waals surface area contributed by atoms with E-state index in [-0.39, 0.29) is 6.61 Å². The lowest BCUT2D eigenvalue weighted by Crippen LogP contribution is -2.29. The Bertz CT molecular complexity index is 485. The molecular weight excluding hydrogens is 258 g/mol. The number of hydrogen-bond donors (Lipinski definition) is 1. The molecule has 0 aliphatic heterocycles. The van der Waals surface area contributed by atoms with E-state index >= 15 is 0 Å². The largest absolute Gasteiger partial charge is 0.463 e.